The quantitative estimate of drug-likeness (QED) is 0.309. The van der Waals surface area contributed by atoms with Crippen molar-refractivity contribution >= 4 is 17.7 Å². The number of nitrogens with two attached hydrogens (primary N) is 1. The molecule has 0 amide bonds. The van der Waals surface area contributed by atoms with Crippen LogP contribution in [0.25, 0.3) is 11.3 Å². The summed E-state index contributed by atoms with van der Waals surface area (Å²) in [7, 11) is 0. The Morgan fingerprint density at radius 3 is 2.78 bits per heavy atom. The fourth-order valence-corrected chi connectivity index (χ4v) is 3.49. The van der Waals surface area contributed by atoms with Gasteiger partial charge in [0.15, 0.2) is 0 Å². The lowest BCUT2D eigenvalue weighted by Gasteiger charge is -2.26. The number of nitroso groups, excluding NO2 is 1. The van der Waals surface area contributed by atoms with E-state index in [1.54, 1.807) is 0 Å². The molecule has 1 saturated heterocycles. The molecule has 0 unspecified atom stereocenters. The number of benzene rings is 1. The molecule has 1 fully saturated rings. The number of nitrogens with zero attached hydrogens (tertiary/aromatic N) is 2. The van der Waals surface area contributed by atoms with E-state index in [-0.39, 0.29) is 25.2 Å². The molecule has 1 aromatic carbocycles. The van der Waals surface area contributed by atoms with Crippen molar-refractivity contribution < 1.29 is 9.47 Å². The van der Waals surface area contributed by atoms with Crippen LogP contribution in [-0.4, -0.2) is 55.7 Å². The maximum Gasteiger partial charge on any atom is 0.138 e. The van der Waals surface area contributed by atoms with Crippen LogP contribution in [0.5, 0.6) is 5.75 Å². The minimum Gasteiger partial charge on any atom is -0.491 e. The summed E-state index contributed by atoms with van der Waals surface area (Å²) in [5.41, 5.74) is 8.73. The molecule has 2 heterocycles. The summed E-state index contributed by atoms with van der Waals surface area (Å²) in [6, 6.07) is 9.36. The molecule has 3 rings (SSSR count). The van der Waals surface area contributed by atoms with Crippen LogP contribution >= 0.6 is 0 Å². The van der Waals surface area contributed by atoms with E-state index < -0.39 is 6.04 Å². The minimum absolute atomic E-state index is 0.125. The number of ether oxygens (including phenoxy) is 2. The lowest BCUT2D eigenvalue weighted by molar-refractivity contribution is 0.0904. The Balaban J connectivity index is 1.94. The third-order valence-electron chi connectivity index (χ3n) is 5.20. The van der Waals surface area contributed by atoms with Crippen LogP contribution in [0.3, 0.4) is 0 Å². The summed E-state index contributed by atoms with van der Waals surface area (Å²) < 4.78 is 11.2. The Morgan fingerprint density at radius 2 is 2.12 bits per heavy atom. The molecule has 2 aromatic rings. The zero-order chi connectivity index (χ0) is 22.9. The molecule has 9 nitrogen and oxygen atoms in total. The monoisotopic (exact) mass is 440 g/mol. The Labute approximate surface area is 188 Å². The van der Waals surface area contributed by atoms with E-state index in [1.807, 2.05) is 44.2 Å². The third kappa shape index (κ3) is 6.24. The van der Waals surface area contributed by atoms with Gasteiger partial charge in [-0.15, -0.1) is 0 Å². The first-order valence-corrected chi connectivity index (χ1v) is 11.0. The average molecular weight is 441 g/mol. The summed E-state index contributed by atoms with van der Waals surface area (Å²) in [5, 5.41) is 17.9. The van der Waals surface area contributed by atoms with Gasteiger partial charge in [0.05, 0.1) is 11.3 Å². The molecule has 0 radical (unpaired) electrons. The minimum atomic E-state index is -0.583. The fourth-order valence-electron chi connectivity index (χ4n) is 3.49. The van der Waals surface area contributed by atoms with Crippen molar-refractivity contribution in [1.29, 1.82) is 5.41 Å². The van der Waals surface area contributed by atoms with Crippen LogP contribution in [0.4, 0.5) is 11.5 Å². The Bertz CT molecular complexity index is 915. The Kier molecular flexibility index (Phi) is 8.52. The van der Waals surface area contributed by atoms with Gasteiger partial charge in [-0.3, -0.25) is 0 Å². The predicted octanol–water partition coefficient (Wildman–Crippen LogP) is 3.63. The first-order chi connectivity index (χ1) is 15.5. The van der Waals surface area contributed by atoms with Crippen LogP contribution in [0.2, 0.25) is 0 Å². The van der Waals surface area contributed by atoms with Gasteiger partial charge in [0, 0.05) is 49.3 Å². The lowest BCUT2D eigenvalue weighted by Crippen LogP contribution is -2.28. The lowest BCUT2D eigenvalue weighted by atomic mass is 10.0. The van der Waals surface area contributed by atoms with Gasteiger partial charge in [-0.1, -0.05) is 17.3 Å². The second kappa shape index (κ2) is 11.5. The van der Waals surface area contributed by atoms with Gasteiger partial charge in [-0.25, -0.2) is 4.98 Å². The van der Waals surface area contributed by atoms with Crippen LogP contribution in [0.1, 0.15) is 32.3 Å². The van der Waals surface area contributed by atoms with Crippen LogP contribution in [0.15, 0.2) is 35.5 Å². The van der Waals surface area contributed by atoms with E-state index in [9.17, 15) is 4.91 Å². The number of aromatic nitrogens is 1. The second-order valence-electron chi connectivity index (χ2n) is 8.13. The molecule has 0 saturated carbocycles. The molecule has 1 aliphatic heterocycles. The van der Waals surface area contributed by atoms with E-state index >= 15 is 0 Å². The number of hydrogen-bond acceptors (Lipinski definition) is 9. The number of anilines is 2. The second-order valence-corrected chi connectivity index (χ2v) is 8.13. The van der Waals surface area contributed by atoms with E-state index in [4.69, 9.17) is 25.6 Å². The maximum atomic E-state index is 10.8. The summed E-state index contributed by atoms with van der Waals surface area (Å²) in [4.78, 5) is 15.6. The van der Waals surface area contributed by atoms with Crippen molar-refractivity contribution in [3.63, 3.8) is 0 Å². The van der Waals surface area contributed by atoms with Crippen LogP contribution < -0.4 is 21.1 Å². The number of pyridine rings is 1. The normalized spacial score (nSPS) is 15.2. The maximum absolute atomic E-state index is 10.8. The van der Waals surface area contributed by atoms with Crippen molar-refractivity contribution in [1.82, 2.24) is 4.98 Å². The Hall–Kier alpha value is -3.04. The average Bonchev–Trinajstić information content (AvgIpc) is 2.80. The highest BCUT2D eigenvalue weighted by Gasteiger charge is 2.19. The van der Waals surface area contributed by atoms with Gasteiger partial charge >= 0.3 is 0 Å². The highest BCUT2D eigenvalue weighted by molar-refractivity contribution is 5.94. The third-order valence-corrected chi connectivity index (χ3v) is 5.20. The van der Waals surface area contributed by atoms with E-state index in [2.05, 4.69) is 15.8 Å². The van der Waals surface area contributed by atoms with Gasteiger partial charge in [0.1, 0.15) is 24.2 Å². The van der Waals surface area contributed by atoms with Crippen LogP contribution in [0, 0.1) is 10.3 Å². The van der Waals surface area contributed by atoms with Crippen molar-refractivity contribution in [2.75, 3.05) is 37.0 Å². The van der Waals surface area contributed by atoms with Gasteiger partial charge in [0.25, 0.3) is 0 Å². The van der Waals surface area contributed by atoms with Crippen molar-refractivity contribution in [3.05, 3.63) is 40.8 Å². The first kappa shape index (κ1) is 23.6. The molecule has 1 aliphatic rings. The van der Waals surface area contributed by atoms with E-state index in [0.717, 1.165) is 48.6 Å². The molecule has 5 N–H and O–H groups in total. The number of nitrogens with one attached hydrogen (secondary N) is 3. The standard InChI is InChI=1S/C23H32N6O3/c1-15(2)26-23-20(13-25)22(27-17-6-8-31-9-7-17)11-21(28-23)16-4-3-5-19(10-16)32-14-18(12-24)29-30/h3-5,10-11,13,15,17-18,25H,6-9,12,14,24H2,1-2H3,(H2,26,27,28)/t18-/m0/s1. The van der Waals surface area contributed by atoms with Crippen molar-refractivity contribution in [2.24, 2.45) is 10.9 Å². The predicted molar refractivity (Wildman–Crippen MR) is 128 cm³/mol. The highest BCUT2D eigenvalue weighted by atomic mass is 16.5. The van der Waals surface area contributed by atoms with Gasteiger partial charge in [0.2, 0.25) is 0 Å². The molecular weight excluding hydrogens is 408 g/mol. The molecule has 0 spiro atoms. The molecule has 1 aromatic heterocycles. The highest BCUT2D eigenvalue weighted by Crippen LogP contribution is 2.31. The smallest absolute Gasteiger partial charge is 0.138 e. The van der Waals surface area contributed by atoms with Gasteiger partial charge < -0.3 is 31.3 Å². The zero-order valence-electron chi connectivity index (χ0n) is 18.6. The molecule has 0 bridgehead atoms. The van der Waals surface area contributed by atoms with Crippen LogP contribution in [-0.2, 0) is 4.74 Å². The first-order valence-electron chi connectivity index (χ1n) is 11.0. The molecular formula is C23H32N6O3. The largest absolute Gasteiger partial charge is 0.491 e. The molecule has 172 valence electrons. The number of hydrogen-bond donors (Lipinski definition) is 4. The molecule has 32 heavy (non-hydrogen) atoms. The van der Waals surface area contributed by atoms with Gasteiger partial charge in [-0.2, -0.15) is 4.91 Å². The summed E-state index contributed by atoms with van der Waals surface area (Å²) in [6.07, 6.45) is 3.17. The number of rotatable bonds is 11. The molecule has 9 heteroatoms. The van der Waals surface area contributed by atoms with Crippen molar-refractivity contribution in [2.45, 2.75) is 44.8 Å². The summed E-state index contributed by atoms with van der Waals surface area (Å²) in [6.45, 7) is 5.80. The topological polar surface area (TPSA) is 135 Å². The molecule has 1 atom stereocenters. The van der Waals surface area contributed by atoms with Gasteiger partial charge in [-0.05, 0) is 44.9 Å². The molecule has 0 aliphatic carbocycles. The van der Waals surface area contributed by atoms with E-state index in [1.165, 1.54) is 6.21 Å². The van der Waals surface area contributed by atoms with Crippen molar-refractivity contribution in [3.8, 4) is 17.0 Å². The van der Waals surface area contributed by atoms with E-state index in [0.29, 0.717) is 11.6 Å². The SMILES string of the molecule is CC(C)Nc1nc(-c2cccc(OC[C@H](CN)N=O)c2)cc(NC2CCOCC2)c1C=N. The summed E-state index contributed by atoms with van der Waals surface area (Å²) >= 11 is 0. The zero-order valence-corrected chi connectivity index (χ0v) is 18.6. The Morgan fingerprint density at radius 1 is 1.34 bits per heavy atom. The summed E-state index contributed by atoms with van der Waals surface area (Å²) in [5.74, 6) is 1.27. The fraction of sp³-hybridized carbons (Fsp3) is 0.478.